The first-order valence-electron chi connectivity index (χ1n) is 21.2. The molecule has 17 nitrogen and oxygen atoms in total. The van der Waals surface area contributed by atoms with Crippen molar-refractivity contribution in [1.82, 2.24) is 19.9 Å². The Labute approximate surface area is 362 Å². The van der Waals surface area contributed by atoms with Crippen molar-refractivity contribution in [3.63, 3.8) is 0 Å². The molecule has 328 valence electrons. The summed E-state index contributed by atoms with van der Waals surface area (Å²) in [6, 6.07) is 4.62. The third-order valence-electron chi connectivity index (χ3n) is 12.1. The van der Waals surface area contributed by atoms with E-state index in [1.54, 1.807) is 6.20 Å². The van der Waals surface area contributed by atoms with Gasteiger partial charge < -0.3 is 29.3 Å². The van der Waals surface area contributed by atoms with Gasteiger partial charge in [-0.25, -0.2) is 31.9 Å². The molecule has 3 N–H and O–H groups in total. The first kappa shape index (κ1) is 43.4. The molecule has 19 heteroatoms. The van der Waals surface area contributed by atoms with E-state index in [4.69, 9.17) is 24.6 Å². The van der Waals surface area contributed by atoms with E-state index < -0.39 is 31.5 Å². The molecule has 4 aliphatic carbocycles. The molecule has 2 aromatic carbocycles. The average molecular weight is 886 g/mol. The number of morpholine rings is 2. The van der Waals surface area contributed by atoms with Crippen molar-refractivity contribution in [3.8, 4) is 12.0 Å². The van der Waals surface area contributed by atoms with Gasteiger partial charge in [0.05, 0.1) is 51.2 Å². The van der Waals surface area contributed by atoms with Crippen LogP contribution in [0.1, 0.15) is 70.2 Å². The molecule has 62 heavy (non-hydrogen) atoms. The number of anilines is 3. The molecule has 0 saturated carbocycles. The van der Waals surface area contributed by atoms with Crippen LogP contribution in [0.15, 0.2) is 47.0 Å². The van der Waals surface area contributed by atoms with Gasteiger partial charge in [0.2, 0.25) is 15.7 Å². The average Bonchev–Trinajstić information content (AvgIpc) is 4.13. The van der Waals surface area contributed by atoms with Crippen LogP contribution in [0.5, 0.6) is 5.75 Å². The smallest absolute Gasteiger partial charge is 0.292 e. The van der Waals surface area contributed by atoms with Crippen LogP contribution in [0.25, 0.3) is 0 Å². The molecule has 0 spiro atoms. The molecule has 1 amide bonds. The molecule has 2 aromatic heterocycles. The van der Waals surface area contributed by atoms with Crippen LogP contribution in [0.4, 0.5) is 17.3 Å². The van der Waals surface area contributed by atoms with Crippen LogP contribution < -0.4 is 25.0 Å². The summed E-state index contributed by atoms with van der Waals surface area (Å²) in [4.78, 5) is 32.8. The Morgan fingerprint density at radius 1 is 0.677 bits per heavy atom. The maximum atomic E-state index is 12.9. The van der Waals surface area contributed by atoms with Crippen LogP contribution in [0.3, 0.4) is 0 Å². The van der Waals surface area contributed by atoms with E-state index in [0.717, 1.165) is 81.8 Å². The minimum absolute atomic E-state index is 0.171. The SMILES string of the molecule is N#COc1c2c(cc3c1CCC3)CCC2.NS(=O)(=O)c1cncc(N2CCOCC2)n1.O=C(CS(=O)(=O)c1cncc(N2CCOCC2)n1)Nc1c2c(cc3c1CCC3)CCC2. The highest BCUT2D eigenvalue weighted by molar-refractivity contribution is 7.92. The van der Waals surface area contributed by atoms with E-state index in [2.05, 4.69) is 37.4 Å². The Balaban J connectivity index is 0.000000143. The van der Waals surface area contributed by atoms with Gasteiger partial charge in [-0.15, -0.1) is 5.26 Å². The lowest BCUT2D eigenvalue weighted by atomic mass is 9.98. The number of nitrogens with two attached hydrogens (primary N) is 1. The molecule has 4 heterocycles. The standard InChI is InChI=1S/C22H26N4O4S.C13H13NO.C8H12N4O3S/c27-20(25-22-17-5-1-3-15(17)11-16-4-2-6-18(16)22)14-31(28,29)21-13-23-12-19(24-21)26-7-9-30-10-8-26;14-8-15-13-11-5-1-3-9(11)7-10-4-2-6-12(10)13;9-16(13,14)8-6-10-5-7(11-8)12-1-3-15-4-2-12/h11-13H,1-10,14H2,(H,25,27);7H,1-6H2;5-6H,1-4H2,(H2,9,13,14). The van der Waals surface area contributed by atoms with Crippen LogP contribution in [0.2, 0.25) is 0 Å². The number of aromatic nitrogens is 4. The number of nitrogens with zero attached hydrogens (tertiary/aromatic N) is 7. The Hall–Kier alpha value is -5.26. The van der Waals surface area contributed by atoms with Gasteiger partial charge in [-0.3, -0.25) is 14.8 Å². The van der Waals surface area contributed by atoms with Gasteiger partial charge in [0.25, 0.3) is 16.3 Å². The highest BCUT2D eigenvalue weighted by Gasteiger charge is 2.29. The molecule has 2 aliphatic heterocycles. The third-order valence-corrected chi connectivity index (χ3v) is 14.4. The number of sulfone groups is 1. The van der Waals surface area contributed by atoms with Crippen molar-refractivity contribution in [3.05, 3.63) is 81.4 Å². The van der Waals surface area contributed by atoms with Gasteiger partial charge in [0, 0.05) is 31.9 Å². The molecule has 2 saturated heterocycles. The fourth-order valence-electron chi connectivity index (χ4n) is 9.18. The summed E-state index contributed by atoms with van der Waals surface area (Å²) >= 11 is 0. The number of ether oxygens (including phenoxy) is 3. The van der Waals surface area contributed by atoms with E-state index in [1.165, 1.54) is 69.7 Å². The third kappa shape index (κ3) is 9.84. The van der Waals surface area contributed by atoms with E-state index in [-0.39, 0.29) is 10.1 Å². The van der Waals surface area contributed by atoms with Gasteiger partial charge in [-0.05, 0) is 122 Å². The summed E-state index contributed by atoms with van der Waals surface area (Å²) in [7, 11) is -7.71. The summed E-state index contributed by atoms with van der Waals surface area (Å²) in [6.07, 6.45) is 20.2. The lowest BCUT2D eigenvalue weighted by Crippen LogP contribution is -2.37. The van der Waals surface area contributed by atoms with Crippen LogP contribution in [-0.2, 0) is 85.5 Å². The van der Waals surface area contributed by atoms with Gasteiger partial charge in [-0.2, -0.15) is 0 Å². The highest BCUT2D eigenvalue weighted by atomic mass is 32.2. The number of amides is 1. The number of hydrogen-bond donors (Lipinski definition) is 2. The zero-order valence-electron chi connectivity index (χ0n) is 34.6. The number of hydrogen-bond acceptors (Lipinski definition) is 15. The first-order valence-corrected chi connectivity index (χ1v) is 24.4. The van der Waals surface area contributed by atoms with E-state index in [9.17, 15) is 21.6 Å². The number of fused-ring (bicyclic) bond motifs is 4. The number of nitrogens with one attached hydrogen (secondary N) is 1. The molecule has 0 atom stereocenters. The molecular weight excluding hydrogens is 835 g/mol. The number of sulfonamides is 1. The van der Waals surface area contributed by atoms with Gasteiger partial charge in [-0.1, -0.05) is 12.1 Å². The van der Waals surface area contributed by atoms with Gasteiger partial charge in [0.1, 0.15) is 23.1 Å². The molecule has 4 aromatic rings. The summed E-state index contributed by atoms with van der Waals surface area (Å²) in [5, 5.41) is 16.3. The molecule has 6 aliphatic rings. The summed E-state index contributed by atoms with van der Waals surface area (Å²) < 4.78 is 63.8. The van der Waals surface area contributed by atoms with Crippen molar-refractivity contribution < 1.29 is 35.8 Å². The highest BCUT2D eigenvalue weighted by Crippen LogP contribution is 2.41. The molecular formula is C43H51N9O8S2. The number of aryl methyl sites for hydroxylation is 4. The number of carbonyl (C=O) groups excluding carboxylic acids is 1. The Bertz CT molecular complexity index is 2530. The van der Waals surface area contributed by atoms with Crippen molar-refractivity contribution in [1.29, 1.82) is 5.26 Å². The van der Waals surface area contributed by atoms with Crippen LogP contribution in [-0.4, -0.2) is 101 Å². The number of nitriles is 1. The quantitative estimate of drug-likeness (QED) is 0.242. The Kier molecular flexibility index (Phi) is 13.3. The number of primary sulfonamides is 1. The number of carbonyl (C=O) groups is 1. The van der Waals surface area contributed by atoms with E-state index in [0.29, 0.717) is 64.2 Å². The van der Waals surface area contributed by atoms with Gasteiger partial charge in [0.15, 0.2) is 10.1 Å². The monoisotopic (exact) mass is 885 g/mol. The van der Waals surface area contributed by atoms with Crippen molar-refractivity contribution in [2.45, 2.75) is 87.1 Å². The number of rotatable bonds is 8. The fourth-order valence-corrected chi connectivity index (χ4v) is 10.6. The summed E-state index contributed by atoms with van der Waals surface area (Å²) in [5.41, 5.74) is 11.2. The maximum Gasteiger partial charge on any atom is 0.292 e. The molecule has 2 fully saturated rings. The largest absolute Gasteiger partial charge is 0.387 e. The second kappa shape index (κ2) is 19.0. The maximum absolute atomic E-state index is 12.9. The Morgan fingerprint density at radius 3 is 1.58 bits per heavy atom. The lowest BCUT2D eigenvalue weighted by molar-refractivity contribution is -0.113. The first-order chi connectivity index (χ1) is 30.0. The second-order valence-corrected chi connectivity index (χ2v) is 19.5. The molecule has 0 bridgehead atoms. The second-order valence-electron chi connectivity index (χ2n) is 16.1. The van der Waals surface area contributed by atoms with E-state index >= 15 is 0 Å². The predicted molar refractivity (Wildman–Crippen MR) is 229 cm³/mol. The lowest BCUT2D eigenvalue weighted by Gasteiger charge is -2.27. The van der Waals surface area contributed by atoms with Crippen molar-refractivity contribution in [2.75, 3.05) is 73.5 Å². The van der Waals surface area contributed by atoms with Gasteiger partial charge >= 0.3 is 0 Å². The molecule has 10 rings (SSSR count). The predicted octanol–water partition coefficient (Wildman–Crippen LogP) is 3.19. The van der Waals surface area contributed by atoms with Crippen molar-refractivity contribution in [2.24, 2.45) is 5.14 Å². The topological polar surface area (TPSA) is 233 Å². The molecule has 0 unspecified atom stereocenters. The van der Waals surface area contributed by atoms with Crippen LogP contribution >= 0.6 is 0 Å². The number of benzene rings is 2. The molecule has 0 radical (unpaired) electrons. The fraction of sp³-hybridized carbons (Fsp3) is 0.488. The Morgan fingerprint density at radius 2 is 1.11 bits per heavy atom. The zero-order valence-corrected chi connectivity index (χ0v) is 36.2. The minimum Gasteiger partial charge on any atom is -0.387 e. The zero-order chi connectivity index (χ0) is 43.3. The van der Waals surface area contributed by atoms with E-state index in [1.807, 2.05) is 16.1 Å². The summed E-state index contributed by atoms with van der Waals surface area (Å²) in [6.45, 7) is 4.92. The van der Waals surface area contributed by atoms with Crippen molar-refractivity contribution >= 4 is 43.1 Å². The summed E-state index contributed by atoms with van der Waals surface area (Å²) in [5.74, 6) is 0.735. The normalized spacial score (nSPS) is 17.6. The minimum atomic E-state index is -3.91. The van der Waals surface area contributed by atoms with Crippen LogP contribution in [0, 0.1) is 11.5 Å².